The van der Waals surface area contributed by atoms with Crippen LogP contribution in [0.1, 0.15) is 17.5 Å². The number of aliphatic hydroxyl groups excluding tert-OH is 1. The van der Waals surface area contributed by atoms with E-state index in [1.807, 2.05) is 6.07 Å². The molecule has 0 fully saturated rings. The molecule has 0 saturated carbocycles. The summed E-state index contributed by atoms with van der Waals surface area (Å²) in [6.07, 6.45) is -0.588. The largest absolute Gasteiger partial charge is 0.368 e. The standard InChI is InChI=1S/C10H10ClNO2/c11-9-5-7(6-12)1-2-8(9)3-4-10(13)14/h1-2,5,10,13-14H,3-4H2. The van der Waals surface area contributed by atoms with Gasteiger partial charge in [0.1, 0.15) is 0 Å². The van der Waals surface area contributed by atoms with Gasteiger partial charge in [-0.1, -0.05) is 17.7 Å². The smallest absolute Gasteiger partial charge is 0.151 e. The van der Waals surface area contributed by atoms with E-state index in [2.05, 4.69) is 0 Å². The molecule has 0 amide bonds. The zero-order valence-corrected chi connectivity index (χ0v) is 8.20. The van der Waals surface area contributed by atoms with Crippen LogP contribution in [0.5, 0.6) is 0 Å². The minimum Gasteiger partial charge on any atom is -0.368 e. The minimum atomic E-state index is -1.32. The van der Waals surface area contributed by atoms with E-state index in [1.165, 1.54) is 0 Å². The predicted octanol–water partition coefficient (Wildman–Crippen LogP) is 1.45. The molecule has 0 aliphatic carbocycles. The highest BCUT2D eigenvalue weighted by atomic mass is 35.5. The van der Waals surface area contributed by atoms with E-state index >= 15 is 0 Å². The van der Waals surface area contributed by atoms with Crippen LogP contribution < -0.4 is 0 Å². The molecular weight excluding hydrogens is 202 g/mol. The Morgan fingerprint density at radius 3 is 2.64 bits per heavy atom. The molecule has 74 valence electrons. The van der Waals surface area contributed by atoms with Gasteiger partial charge in [-0.05, 0) is 24.1 Å². The van der Waals surface area contributed by atoms with Crippen LogP contribution in [0, 0.1) is 11.3 Å². The topological polar surface area (TPSA) is 64.2 Å². The van der Waals surface area contributed by atoms with E-state index in [1.54, 1.807) is 18.2 Å². The molecule has 1 rings (SSSR count). The first-order valence-electron chi connectivity index (χ1n) is 4.18. The third kappa shape index (κ3) is 3.00. The summed E-state index contributed by atoms with van der Waals surface area (Å²) in [7, 11) is 0. The lowest BCUT2D eigenvalue weighted by Crippen LogP contribution is -2.05. The summed E-state index contributed by atoms with van der Waals surface area (Å²) >= 11 is 5.88. The minimum absolute atomic E-state index is 0.242. The predicted molar refractivity (Wildman–Crippen MR) is 52.7 cm³/mol. The fraction of sp³-hybridized carbons (Fsp3) is 0.300. The van der Waals surface area contributed by atoms with Crippen LogP contribution in [0.4, 0.5) is 0 Å². The van der Waals surface area contributed by atoms with Gasteiger partial charge < -0.3 is 10.2 Å². The molecule has 0 unspecified atom stereocenters. The Balaban J connectivity index is 2.75. The molecule has 0 bridgehead atoms. The molecule has 3 nitrogen and oxygen atoms in total. The van der Waals surface area contributed by atoms with Crippen molar-refractivity contribution in [3.63, 3.8) is 0 Å². The lowest BCUT2D eigenvalue weighted by Gasteiger charge is -2.05. The first kappa shape index (κ1) is 11.0. The number of nitrogens with zero attached hydrogens (tertiary/aromatic N) is 1. The van der Waals surface area contributed by atoms with Gasteiger partial charge in [0.25, 0.3) is 0 Å². The molecule has 0 aliphatic rings. The summed E-state index contributed by atoms with van der Waals surface area (Å²) in [5.41, 5.74) is 1.32. The van der Waals surface area contributed by atoms with E-state index in [-0.39, 0.29) is 6.42 Å². The summed E-state index contributed by atoms with van der Waals surface area (Å²) in [4.78, 5) is 0. The van der Waals surface area contributed by atoms with Gasteiger partial charge in [0.15, 0.2) is 6.29 Å². The quantitative estimate of drug-likeness (QED) is 0.744. The van der Waals surface area contributed by atoms with E-state index in [9.17, 15) is 0 Å². The van der Waals surface area contributed by atoms with Crippen LogP contribution in [-0.2, 0) is 6.42 Å². The summed E-state index contributed by atoms with van der Waals surface area (Å²) in [5.74, 6) is 0. The molecule has 0 aliphatic heterocycles. The molecule has 0 radical (unpaired) electrons. The summed E-state index contributed by atoms with van der Waals surface area (Å²) in [6.45, 7) is 0. The highest BCUT2D eigenvalue weighted by Crippen LogP contribution is 2.19. The fourth-order valence-electron chi connectivity index (χ4n) is 1.10. The average Bonchev–Trinajstić information content (AvgIpc) is 2.15. The van der Waals surface area contributed by atoms with Crippen molar-refractivity contribution in [3.8, 4) is 6.07 Å². The van der Waals surface area contributed by atoms with Crippen molar-refractivity contribution >= 4 is 11.6 Å². The zero-order valence-electron chi connectivity index (χ0n) is 7.44. The first-order chi connectivity index (χ1) is 6.63. The lowest BCUT2D eigenvalue weighted by atomic mass is 10.1. The van der Waals surface area contributed by atoms with Crippen molar-refractivity contribution in [3.05, 3.63) is 34.3 Å². The first-order valence-corrected chi connectivity index (χ1v) is 4.56. The molecule has 0 atom stereocenters. The van der Waals surface area contributed by atoms with Gasteiger partial charge in [0.2, 0.25) is 0 Å². The maximum absolute atomic E-state index is 8.67. The normalized spacial score (nSPS) is 10.2. The number of aryl methyl sites for hydroxylation is 1. The second kappa shape index (κ2) is 4.97. The molecule has 2 N–H and O–H groups in total. The number of hydrogen-bond acceptors (Lipinski definition) is 3. The Bertz CT molecular complexity index is 358. The van der Waals surface area contributed by atoms with Crippen molar-refractivity contribution in [2.75, 3.05) is 0 Å². The molecule has 4 heteroatoms. The van der Waals surface area contributed by atoms with E-state index in [0.29, 0.717) is 17.0 Å². The average molecular weight is 212 g/mol. The van der Waals surface area contributed by atoms with Gasteiger partial charge in [-0.2, -0.15) is 5.26 Å². The molecule has 0 spiro atoms. The van der Waals surface area contributed by atoms with Crippen LogP contribution in [0.15, 0.2) is 18.2 Å². The molecule has 0 aromatic heterocycles. The number of benzene rings is 1. The van der Waals surface area contributed by atoms with Gasteiger partial charge >= 0.3 is 0 Å². The number of nitriles is 1. The van der Waals surface area contributed by atoms with Gasteiger partial charge in [-0.3, -0.25) is 0 Å². The lowest BCUT2D eigenvalue weighted by molar-refractivity contribution is -0.0446. The second-order valence-corrected chi connectivity index (χ2v) is 3.34. The Morgan fingerprint density at radius 1 is 1.43 bits per heavy atom. The SMILES string of the molecule is N#Cc1ccc(CCC(O)O)c(Cl)c1. The maximum atomic E-state index is 8.67. The number of hydrogen-bond donors (Lipinski definition) is 2. The molecule has 1 aromatic rings. The molecule has 0 heterocycles. The number of rotatable bonds is 3. The summed E-state index contributed by atoms with van der Waals surface area (Å²) in [6, 6.07) is 6.93. The second-order valence-electron chi connectivity index (χ2n) is 2.94. The van der Waals surface area contributed by atoms with Crippen LogP contribution in [0.3, 0.4) is 0 Å². The summed E-state index contributed by atoms with van der Waals surface area (Å²) < 4.78 is 0. The maximum Gasteiger partial charge on any atom is 0.151 e. The van der Waals surface area contributed by atoms with Crippen LogP contribution >= 0.6 is 11.6 Å². The zero-order chi connectivity index (χ0) is 10.6. The molecule has 14 heavy (non-hydrogen) atoms. The fourth-order valence-corrected chi connectivity index (χ4v) is 1.38. The van der Waals surface area contributed by atoms with Gasteiger partial charge in [-0.15, -0.1) is 0 Å². The Labute approximate surface area is 87.2 Å². The molecule has 1 aromatic carbocycles. The highest BCUT2D eigenvalue weighted by molar-refractivity contribution is 6.31. The monoisotopic (exact) mass is 211 g/mol. The van der Waals surface area contributed by atoms with Gasteiger partial charge in [0.05, 0.1) is 11.6 Å². The third-order valence-corrected chi connectivity index (χ3v) is 2.21. The van der Waals surface area contributed by atoms with Crippen molar-refractivity contribution in [1.82, 2.24) is 0 Å². The van der Waals surface area contributed by atoms with Crippen molar-refractivity contribution in [2.24, 2.45) is 0 Å². The van der Waals surface area contributed by atoms with Gasteiger partial charge in [0, 0.05) is 11.4 Å². The van der Waals surface area contributed by atoms with Crippen LogP contribution in [0.2, 0.25) is 5.02 Å². The molecular formula is C10H10ClNO2. The van der Waals surface area contributed by atoms with Crippen molar-refractivity contribution in [2.45, 2.75) is 19.1 Å². The van der Waals surface area contributed by atoms with Crippen LogP contribution in [0.25, 0.3) is 0 Å². The van der Waals surface area contributed by atoms with Crippen molar-refractivity contribution in [1.29, 1.82) is 5.26 Å². The Morgan fingerprint density at radius 2 is 2.14 bits per heavy atom. The third-order valence-electron chi connectivity index (χ3n) is 1.85. The molecule has 0 saturated heterocycles. The Hall–Kier alpha value is -1.08. The van der Waals surface area contributed by atoms with E-state index in [4.69, 9.17) is 27.1 Å². The van der Waals surface area contributed by atoms with E-state index < -0.39 is 6.29 Å². The van der Waals surface area contributed by atoms with Crippen LogP contribution in [-0.4, -0.2) is 16.5 Å². The van der Waals surface area contributed by atoms with E-state index in [0.717, 1.165) is 5.56 Å². The van der Waals surface area contributed by atoms with Gasteiger partial charge in [-0.25, -0.2) is 0 Å². The Kier molecular flexibility index (Phi) is 3.90. The number of halogens is 1. The van der Waals surface area contributed by atoms with Crippen molar-refractivity contribution < 1.29 is 10.2 Å². The summed E-state index contributed by atoms with van der Waals surface area (Å²) in [5, 5.41) is 26.4. The number of aliphatic hydroxyl groups is 2. The highest BCUT2D eigenvalue weighted by Gasteiger charge is 2.04.